The maximum absolute atomic E-state index is 12.2. The Balaban J connectivity index is 1.34. The Morgan fingerprint density at radius 2 is 1.54 bits per heavy atom. The topological polar surface area (TPSA) is 82.3 Å². The summed E-state index contributed by atoms with van der Waals surface area (Å²) in [4.78, 5) is 23.9. The molecule has 0 spiro atoms. The van der Waals surface area contributed by atoms with Crippen molar-refractivity contribution in [3.05, 3.63) is 0 Å². The summed E-state index contributed by atoms with van der Waals surface area (Å²) in [6.07, 6.45) is 7.90. The van der Waals surface area contributed by atoms with Gasteiger partial charge in [0.15, 0.2) is 0 Å². The van der Waals surface area contributed by atoms with Crippen LogP contribution in [-0.2, 0) is 4.79 Å². The first-order chi connectivity index (χ1) is 11.6. The highest BCUT2D eigenvalue weighted by molar-refractivity contribution is 5.78. The minimum atomic E-state index is -0.0996. The van der Waals surface area contributed by atoms with Gasteiger partial charge in [-0.2, -0.15) is 0 Å². The fourth-order valence-corrected chi connectivity index (χ4v) is 5.39. The predicted molar refractivity (Wildman–Crippen MR) is 93.6 cm³/mol. The summed E-state index contributed by atoms with van der Waals surface area (Å²) in [6, 6.07) is -0.0996. The lowest BCUT2D eigenvalue weighted by Gasteiger charge is -2.56. The van der Waals surface area contributed by atoms with Crippen molar-refractivity contribution in [3.8, 4) is 0 Å². The molecule has 3 amide bonds. The highest BCUT2D eigenvalue weighted by atomic mass is 16.2. The number of nitrogens with one attached hydrogen (secondary N) is 4. The van der Waals surface area contributed by atoms with Gasteiger partial charge in [-0.1, -0.05) is 6.92 Å². The minimum Gasteiger partial charge on any atom is -0.355 e. The molecule has 4 aliphatic rings. The zero-order chi connectivity index (χ0) is 17.0. The average Bonchev–Trinajstić information content (AvgIpc) is 2.49. The molecule has 0 aromatic heterocycles. The van der Waals surface area contributed by atoms with Gasteiger partial charge < -0.3 is 21.3 Å². The van der Waals surface area contributed by atoms with Crippen LogP contribution in [0, 0.1) is 17.8 Å². The Bertz CT molecular complexity index is 431. The summed E-state index contributed by atoms with van der Waals surface area (Å²) in [5, 5.41) is 12.1. The summed E-state index contributed by atoms with van der Waals surface area (Å²) in [6.45, 7) is 4.75. The second kappa shape index (κ2) is 7.72. The van der Waals surface area contributed by atoms with E-state index in [9.17, 15) is 9.59 Å². The molecule has 4 N–H and O–H groups in total. The minimum absolute atomic E-state index is 0.0111. The van der Waals surface area contributed by atoms with Crippen molar-refractivity contribution in [2.45, 2.75) is 57.4 Å². The van der Waals surface area contributed by atoms with E-state index in [4.69, 9.17) is 0 Å². The summed E-state index contributed by atoms with van der Waals surface area (Å²) >= 11 is 0. The number of hydrogen-bond donors (Lipinski definition) is 4. The van der Waals surface area contributed by atoms with Crippen LogP contribution < -0.4 is 21.3 Å². The van der Waals surface area contributed by atoms with E-state index in [2.05, 4.69) is 21.3 Å². The summed E-state index contributed by atoms with van der Waals surface area (Å²) in [5.41, 5.74) is 0.0346. The molecule has 136 valence electrons. The van der Waals surface area contributed by atoms with Crippen LogP contribution in [-0.4, -0.2) is 43.7 Å². The molecular formula is C18H32N4O2. The molecule has 0 radical (unpaired) electrons. The first-order valence-corrected chi connectivity index (χ1v) is 9.62. The lowest BCUT2D eigenvalue weighted by Crippen LogP contribution is -2.61. The molecule has 0 aliphatic heterocycles. The fraction of sp³-hybridized carbons (Fsp3) is 0.889. The third-order valence-corrected chi connectivity index (χ3v) is 5.93. The third kappa shape index (κ3) is 4.41. The lowest BCUT2D eigenvalue weighted by atomic mass is 9.53. The summed E-state index contributed by atoms with van der Waals surface area (Å²) in [5.74, 6) is 2.44. The molecule has 6 nitrogen and oxygen atoms in total. The number of urea groups is 1. The van der Waals surface area contributed by atoms with E-state index in [-0.39, 0.29) is 17.5 Å². The zero-order valence-corrected chi connectivity index (χ0v) is 14.8. The molecule has 4 bridgehead atoms. The smallest absolute Gasteiger partial charge is 0.315 e. The molecule has 0 unspecified atom stereocenters. The highest BCUT2D eigenvalue weighted by Crippen LogP contribution is 2.55. The van der Waals surface area contributed by atoms with Gasteiger partial charge in [-0.05, 0) is 62.8 Å². The van der Waals surface area contributed by atoms with E-state index >= 15 is 0 Å². The number of rotatable bonds is 8. The molecule has 0 atom stereocenters. The van der Waals surface area contributed by atoms with Gasteiger partial charge in [-0.15, -0.1) is 0 Å². The molecule has 0 saturated heterocycles. The third-order valence-electron chi connectivity index (χ3n) is 5.93. The molecule has 4 saturated carbocycles. The molecule has 4 fully saturated rings. The van der Waals surface area contributed by atoms with Crippen LogP contribution in [0.5, 0.6) is 0 Å². The SMILES string of the molecule is CCNCCNC(=O)CCNC(=O)NC12CC3CC(CC(C3)C1)C2. The van der Waals surface area contributed by atoms with Crippen LogP contribution in [0.15, 0.2) is 0 Å². The van der Waals surface area contributed by atoms with Crippen LogP contribution in [0.25, 0.3) is 0 Å². The second-order valence-corrected chi connectivity index (χ2v) is 8.03. The van der Waals surface area contributed by atoms with E-state index in [0.717, 1.165) is 50.1 Å². The Morgan fingerprint density at radius 3 is 2.12 bits per heavy atom. The summed E-state index contributed by atoms with van der Waals surface area (Å²) < 4.78 is 0. The maximum Gasteiger partial charge on any atom is 0.315 e. The van der Waals surface area contributed by atoms with E-state index in [1.54, 1.807) is 0 Å². The van der Waals surface area contributed by atoms with E-state index < -0.39 is 0 Å². The van der Waals surface area contributed by atoms with E-state index in [0.29, 0.717) is 19.5 Å². The van der Waals surface area contributed by atoms with Gasteiger partial charge in [0.1, 0.15) is 0 Å². The normalized spacial score (nSPS) is 33.3. The fourth-order valence-electron chi connectivity index (χ4n) is 5.39. The maximum atomic E-state index is 12.2. The van der Waals surface area contributed by atoms with Crippen molar-refractivity contribution in [3.63, 3.8) is 0 Å². The van der Waals surface area contributed by atoms with Crippen LogP contribution in [0.3, 0.4) is 0 Å². The van der Waals surface area contributed by atoms with Gasteiger partial charge in [0.05, 0.1) is 0 Å². The molecule has 6 heteroatoms. The Labute approximate surface area is 144 Å². The van der Waals surface area contributed by atoms with Crippen LogP contribution in [0.2, 0.25) is 0 Å². The van der Waals surface area contributed by atoms with Gasteiger partial charge >= 0.3 is 6.03 Å². The van der Waals surface area contributed by atoms with Gasteiger partial charge in [0, 0.05) is 31.6 Å². The highest BCUT2D eigenvalue weighted by Gasteiger charge is 2.51. The Morgan fingerprint density at radius 1 is 0.917 bits per heavy atom. The monoisotopic (exact) mass is 336 g/mol. The number of carbonyl (C=O) groups is 2. The molecule has 24 heavy (non-hydrogen) atoms. The summed E-state index contributed by atoms with van der Waals surface area (Å²) in [7, 11) is 0. The van der Waals surface area contributed by atoms with Crippen molar-refractivity contribution in [2.75, 3.05) is 26.2 Å². The van der Waals surface area contributed by atoms with Crippen molar-refractivity contribution >= 4 is 11.9 Å². The van der Waals surface area contributed by atoms with Crippen LogP contribution in [0.1, 0.15) is 51.9 Å². The molecular weight excluding hydrogens is 304 g/mol. The first-order valence-electron chi connectivity index (χ1n) is 9.62. The number of hydrogen-bond acceptors (Lipinski definition) is 3. The Kier molecular flexibility index (Phi) is 5.64. The largest absolute Gasteiger partial charge is 0.355 e. The predicted octanol–water partition coefficient (Wildman–Crippen LogP) is 1.37. The van der Waals surface area contributed by atoms with E-state index in [1.807, 2.05) is 6.92 Å². The van der Waals surface area contributed by atoms with Crippen LogP contribution in [0.4, 0.5) is 4.79 Å². The molecule has 4 rings (SSSR count). The standard InChI is InChI=1S/C18H32N4O2/c1-2-19-5-6-20-16(23)3-4-21-17(24)22-18-10-13-7-14(11-18)9-15(8-13)12-18/h13-15,19H,2-12H2,1H3,(H,20,23)(H2,21,22,24). The van der Waals surface area contributed by atoms with Gasteiger partial charge in [-0.3, -0.25) is 4.79 Å². The van der Waals surface area contributed by atoms with Gasteiger partial charge in [0.2, 0.25) is 5.91 Å². The lowest BCUT2D eigenvalue weighted by molar-refractivity contribution is -0.120. The zero-order valence-electron chi connectivity index (χ0n) is 14.8. The molecule has 0 aromatic carbocycles. The molecule has 4 aliphatic carbocycles. The molecule has 0 aromatic rings. The average molecular weight is 336 g/mol. The molecule has 0 heterocycles. The number of amides is 3. The van der Waals surface area contributed by atoms with Crippen molar-refractivity contribution in [2.24, 2.45) is 17.8 Å². The van der Waals surface area contributed by atoms with Crippen molar-refractivity contribution in [1.82, 2.24) is 21.3 Å². The number of likely N-dealkylation sites (N-methyl/N-ethyl adjacent to an activating group) is 1. The quantitative estimate of drug-likeness (QED) is 0.505. The van der Waals surface area contributed by atoms with Crippen LogP contribution >= 0.6 is 0 Å². The first kappa shape index (κ1) is 17.5. The Hall–Kier alpha value is -1.30. The second-order valence-electron chi connectivity index (χ2n) is 8.03. The van der Waals surface area contributed by atoms with Gasteiger partial charge in [-0.25, -0.2) is 4.79 Å². The van der Waals surface area contributed by atoms with Crippen molar-refractivity contribution < 1.29 is 9.59 Å². The number of carbonyl (C=O) groups excluding carboxylic acids is 2. The van der Waals surface area contributed by atoms with Gasteiger partial charge in [0.25, 0.3) is 0 Å². The van der Waals surface area contributed by atoms with E-state index in [1.165, 1.54) is 19.3 Å². The van der Waals surface area contributed by atoms with Crippen molar-refractivity contribution in [1.29, 1.82) is 0 Å².